The maximum atomic E-state index is 12.1. The van der Waals surface area contributed by atoms with Crippen LogP contribution in [-0.2, 0) is 11.3 Å². The summed E-state index contributed by atoms with van der Waals surface area (Å²) in [6, 6.07) is 6.35. The van der Waals surface area contributed by atoms with Gasteiger partial charge in [0.05, 0.1) is 6.10 Å². The molecule has 0 saturated carbocycles. The first-order valence-electron chi connectivity index (χ1n) is 5.49. The van der Waals surface area contributed by atoms with E-state index >= 15 is 0 Å². The van der Waals surface area contributed by atoms with Crippen LogP contribution in [0.3, 0.4) is 0 Å². The van der Waals surface area contributed by atoms with Crippen LogP contribution in [0.25, 0.3) is 0 Å². The van der Waals surface area contributed by atoms with Gasteiger partial charge in [0.15, 0.2) is 0 Å². The number of ether oxygens (including phenoxy) is 1. The third-order valence-electron chi connectivity index (χ3n) is 2.32. The topological polar surface area (TPSA) is 21.3 Å². The van der Waals surface area contributed by atoms with Crippen molar-refractivity contribution in [1.82, 2.24) is 5.32 Å². The first-order valence-corrected chi connectivity index (χ1v) is 6.30. The monoisotopic (exact) mass is 279 g/mol. The highest BCUT2D eigenvalue weighted by molar-refractivity contribution is 8.00. The van der Waals surface area contributed by atoms with Crippen molar-refractivity contribution in [3.8, 4) is 0 Å². The van der Waals surface area contributed by atoms with Crippen molar-refractivity contribution < 1.29 is 17.9 Å². The molecule has 0 aromatic heterocycles. The lowest BCUT2D eigenvalue weighted by molar-refractivity contribution is -0.0328. The molecule has 0 aliphatic rings. The van der Waals surface area contributed by atoms with Gasteiger partial charge in [-0.1, -0.05) is 12.1 Å². The lowest BCUT2D eigenvalue weighted by Gasteiger charge is -2.11. The SMILES string of the molecule is COC(C)CNCc1ccc(SC(F)(F)F)cc1. The number of rotatable bonds is 6. The summed E-state index contributed by atoms with van der Waals surface area (Å²) in [6.07, 6.45) is 0.116. The maximum Gasteiger partial charge on any atom is 0.446 e. The smallest absolute Gasteiger partial charge is 0.380 e. The molecule has 1 aromatic carbocycles. The van der Waals surface area contributed by atoms with Gasteiger partial charge in [-0.3, -0.25) is 0 Å². The molecule has 1 aromatic rings. The number of alkyl halides is 3. The second-order valence-corrected chi connectivity index (χ2v) is 5.01. The number of methoxy groups -OCH3 is 1. The predicted molar refractivity (Wildman–Crippen MR) is 66.5 cm³/mol. The van der Waals surface area contributed by atoms with Gasteiger partial charge in [-0.05, 0) is 36.4 Å². The molecule has 0 amide bonds. The van der Waals surface area contributed by atoms with Crippen LogP contribution in [0.2, 0.25) is 0 Å². The fraction of sp³-hybridized carbons (Fsp3) is 0.500. The first kappa shape index (κ1) is 15.3. The Kier molecular flexibility index (Phi) is 5.98. The van der Waals surface area contributed by atoms with Gasteiger partial charge < -0.3 is 10.1 Å². The Morgan fingerprint density at radius 1 is 1.28 bits per heavy atom. The molecule has 1 unspecified atom stereocenters. The fourth-order valence-corrected chi connectivity index (χ4v) is 1.85. The Balaban J connectivity index is 2.41. The van der Waals surface area contributed by atoms with Crippen LogP contribution in [0.4, 0.5) is 13.2 Å². The number of hydrogen-bond donors (Lipinski definition) is 1. The van der Waals surface area contributed by atoms with E-state index in [-0.39, 0.29) is 22.8 Å². The highest BCUT2D eigenvalue weighted by Gasteiger charge is 2.28. The zero-order valence-electron chi connectivity index (χ0n) is 10.3. The van der Waals surface area contributed by atoms with Crippen molar-refractivity contribution in [2.45, 2.75) is 30.0 Å². The minimum Gasteiger partial charge on any atom is -0.380 e. The van der Waals surface area contributed by atoms with Gasteiger partial charge in [0.2, 0.25) is 0 Å². The van der Waals surface area contributed by atoms with Crippen LogP contribution in [0.15, 0.2) is 29.2 Å². The van der Waals surface area contributed by atoms with E-state index in [1.54, 1.807) is 19.2 Å². The molecule has 2 nitrogen and oxygen atoms in total. The van der Waals surface area contributed by atoms with Crippen molar-refractivity contribution in [1.29, 1.82) is 0 Å². The molecule has 0 spiro atoms. The van der Waals surface area contributed by atoms with Crippen molar-refractivity contribution in [3.05, 3.63) is 29.8 Å². The Morgan fingerprint density at radius 2 is 1.89 bits per heavy atom. The Morgan fingerprint density at radius 3 is 2.39 bits per heavy atom. The second kappa shape index (κ2) is 7.01. The van der Waals surface area contributed by atoms with Gasteiger partial charge in [-0.2, -0.15) is 13.2 Å². The Labute approximate surface area is 109 Å². The molecule has 0 bridgehead atoms. The fourth-order valence-electron chi connectivity index (χ4n) is 1.31. The lowest BCUT2D eigenvalue weighted by atomic mass is 10.2. The molecule has 0 fully saturated rings. The van der Waals surface area contributed by atoms with Crippen LogP contribution in [0, 0.1) is 0 Å². The normalized spacial score (nSPS) is 13.6. The zero-order valence-corrected chi connectivity index (χ0v) is 11.1. The van der Waals surface area contributed by atoms with Crippen LogP contribution in [0.5, 0.6) is 0 Å². The molecule has 1 N–H and O–H groups in total. The van der Waals surface area contributed by atoms with Gasteiger partial charge in [-0.15, -0.1) is 0 Å². The third-order valence-corrected chi connectivity index (χ3v) is 3.06. The summed E-state index contributed by atoms with van der Waals surface area (Å²) in [5.41, 5.74) is -3.28. The van der Waals surface area contributed by atoms with E-state index in [0.717, 1.165) is 5.56 Å². The van der Waals surface area contributed by atoms with Gasteiger partial charge in [-0.25, -0.2) is 0 Å². The molecule has 0 radical (unpaired) electrons. The third kappa shape index (κ3) is 6.28. The largest absolute Gasteiger partial charge is 0.446 e. The highest BCUT2D eigenvalue weighted by Crippen LogP contribution is 2.36. The number of thioether (sulfide) groups is 1. The summed E-state index contributed by atoms with van der Waals surface area (Å²) in [6.45, 7) is 3.26. The highest BCUT2D eigenvalue weighted by atomic mass is 32.2. The summed E-state index contributed by atoms with van der Waals surface area (Å²) >= 11 is -0.0986. The lowest BCUT2D eigenvalue weighted by Crippen LogP contribution is -2.25. The average molecular weight is 279 g/mol. The molecule has 6 heteroatoms. The maximum absolute atomic E-state index is 12.1. The molecular weight excluding hydrogens is 263 g/mol. The summed E-state index contributed by atoms with van der Waals surface area (Å²) in [5.74, 6) is 0. The van der Waals surface area contributed by atoms with E-state index in [1.165, 1.54) is 12.1 Å². The molecule has 0 aliphatic heterocycles. The predicted octanol–water partition coefficient (Wildman–Crippen LogP) is 3.42. The summed E-state index contributed by atoms with van der Waals surface area (Å²) in [5, 5.41) is 3.17. The van der Waals surface area contributed by atoms with E-state index < -0.39 is 5.51 Å². The number of nitrogens with one attached hydrogen (secondary N) is 1. The van der Waals surface area contributed by atoms with Gasteiger partial charge in [0, 0.05) is 25.1 Å². The second-order valence-electron chi connectivity index (χ2n) is 3.87. The van der Waals surface area contributed by atoms with Crippen LogP contribution >= 0.6 is 11.8 Å². The summed E-state index contributed by atoms with van der Waals surface area (Å²) in [4.78, 5) is 0.205. The van der Waals surface area contributed by atoms with Crippen molar-refractivity contribution >= 4 is 11.8 Å². The summed E-state index contributed by atoms with van der Waals surface area (Å²) in [7, 11) is 1.63. The molecule has 18 heavy (non-hydrogen) atoms. The van der Waals surface area contributed by atoms with Crippen molar-refractivity contribution in [3.63, 3.8) is 0 Å². The van der Waals surface area contributed by atoms with E-state index in [4.69, 9.17) is 4.74 Å². The van der Waals surface area contributed by atoms with E-state index in [9.17, 15) is 13.2 Å². The molecule has 1 atom stereocenters. The van der Waals surface area contributed by atoms with Gasteiger partial charge >= 0.3 is 5.51 Å². The zero-order chi connectivity index (χ0) is 13.6. The molecule has 0 saturated heterocycles. The molecular formula is C12H16F3NOS. The van der Waals surface area contributed by atoms with Gasteiger partial charge in [0.25, 0.3) is 0 Å². The molecule has 0 aliphatic carbocycles. The average Bonchev–Trinajstić information content (AvgIpc) is 2.29. The number of halogens is 3. The Hall–Kier alpha value is -0.720. The molecule has 102 valence electrons. The van der Waals surface area contributed by atoms with Crippen molar-refractivity contribution in [2.75, 3.05) is 13.7 Å². The van der Waals surface area contributed by atoms with Crippen molar-refractivity contribution in [2.24, 2.45) is 0 Å². The van der Waals surface area contributed by atoms with E-state index in [2.05, 4.69) is 5.32 Å². The molecule has 0 heterocycles. The first-order chi connectivity index (χ1) is 8.40. The Bertz CT molecular complexity index is 353. The quantitative estimate of drug-likeness (QED) is 0.806. The van der Waals surface area contributed by atoms with E-state index in [0.29, 0.717) is 13.1 Å². The van der Waals surface area contributed by atoms with Crippen LogP contribution in [0.1, 0.15) is 12.5 Å². The van der Waals surface area contributed by atoms with Crippen LogP contribution in [-0.4, -0.2) is 25.3 Å². The molecule has 1 rings (SSSR count). The number of benzene rings is 1. The number of hydrogen-bond acceptors (Lipinski definition) is 3. The summed E-state index contributed by atoms with van der Waals surface area (Å²) < 4.78 is 41.4. The minimum atomic E-state index is -4.23. The van der Waals surface area contributed by atoms with Gasteiger partial charge in [0.1, 0.15) is 0 Å². The van der Waals surface area contributed by atoms with Crippen LogP contribution < -0.4 is 5.32 Å². The minimum absolute atomic E-state index is 0.0986. The van der Waals surface area contributed by atoms with E-state index in [1.807, 2.05) is 6.92 Å². The standard InChI is InChI=1S/C12H16F3NOS/c1-9(17-2)7-16-8-10-3-5-11(6-4-10)18-12(13,14)15/h3-6,9,16H,7-8H2,1-2H3.